The normalized spacial score (nSPS) is 11.4. The van der Waals surface area contributed by atoms with Gasteiger partial charge in [-0.3, -0.25) is 4.79 Å². The van der Waals surface area contributed by atoms with Gasteiger partial charge >= 0.3 is 0 Å². The lowest BCUT2D eigenvalue weighted by molar-refractivity contribution is -0.306. The van der Waals surface area contributed by atoms with Gasteiger partial charge < -0.3 is 29.4 Å². The summed E-state index contributed by atoms with van der Waals surface area (Å²) in [4.78, 5) is 24.0. The highest BCUT2D eigenvalue weighted by Crippen LogP contribution is 2.29. The Balaban J connectivity index is 2.20. The van der Waals surface area contributed by atoms with Crippen molar-refractivity contribution in [2.24, 2.45) is 0 Å². The Bertz CT molecular complexity index is 834. The van der Waals surface area contributed by atoms with Crippen LogP contribution in [0.1, 0.15) is 55.6 Å². The zero-order valence-corrected chi connectivity index (χ0v) is 17.6. The Kier molecular flexibility index (Phi) is 9.00. The van der Waals surface area contributed by atoms with E-state index in [4.69, 9.17) is 14.2 Å². The number of nitrogens with one attached hydrogen (secondary N) is 1. The molecule has 0 aliphatic carbocycles. The van der Waals surface area contributed by atoms with Gasteiger partial charge in [0.2, 0.25) is 0 Å². The molecule has 1 N–H and O–H groups in total. The Labute approximate surface area is 177 Å². The minimum Gasteiger partial charge on any atom is -0.550 e. The second-order valence-electron chi connectivity index (χ2n) is 6.55. The van der Waals surface area contributed by atoms with Crippen molar-refractivity contribution in [2.75, 3.05) is 19.8 Å². The van der Waals surface area contributed by atoms with E-state index in [1.807, 2.05) is 20.8 Å². The van der Waals surface area contributed by atoms with E-state index in [0.29, 0.717) is 48.2 Å². The number of amides is 1. The Morgan fingerprint density at radius 2 is 1.60 bits per heavy atom. The van der Waals surface area contributed by atoms with Gasteiger partial charge in [0.1, 0.15) is 5.75 Å². The molecule has 0 saturated heterocycles. The first kappa shape index (κ1) is 23.1. The lowest BCUT2D eigenvalue weighted by atomic mass is 10.0. The largest absolute Gasteiger partial charge is 0.550 e. The molecule has 0 radical (unpaired) electrons. The van der Waals surface area contributed by atoms with Crippen LogP contribution in [-0.2, 0) is 4.79 Å². The van der Waals surface area contributed by atoms with Crippen molar-refractivity contribution in [3.8, 4) is 17.2 Å². The average molecular weight is 414 g/mol. The van der Waals surface area contributed by atoms with Gasteiger partial charge in [0, 0.05) is 18.0 Å². The highest BCUT2D eigenvalue weighted by atomic mass is 16.5. The molecule has 0 unspecified atom stereocenters. The van der Waals surface area contributed by atoms with Crippen molar-refractivity contribution >= 4 is 11.9 Å². The summed E-state index contributed by atoms with van der Waals surface area (Å²) in [7, 11) is 0. The first-order chi connectivity index (χ1) is 14.5. The van der Waals surface area contributed by atoms with Gasteiger partial charge in [-0.2, -0.15) is 0 Å². The Morgan fingerprint density at radius 3 is 2.20 bits per heavy atom. The summed E-state index contributed by atoms with van der Waals surface area (Å²) in [6.07, 6.45) is 0.535. The zero-order valence-electron chi connectivity index (χ0n) is 17.6. The summed E-state index contributed by atoms with van der Waals surface area (Å²) in [6, 6.07) is 11.1. The molecular formula is C23H28NO6-. The smallest absolute Gasteiger partial charge is 0.251 e. The lowest BCUT2D eigenvalue weighted by Gasteiger charge is -2.21. The lowest BCUT2D eigenvalue weighted by Crippen LogP contribution is -2.34. The van der Waals surface area contributed by atoms with Gasteiger partial charge in [-0.05, 0) is 56.2 Å². The first-order valence-electron chi connectivity index (χ1n) is 10.1. The molecule has 0 aliphatic rings. The van der Waals surface area contributed by atoms with E-state index >= 15 is 0 Å². The number of benzene rings is 2. The first-order valence-corrected chi connectivity index (χ1v) is 10.1. The third-order valence-corrected chi connectivity index (χ3v) is 4.24. The molecule has 2 aromatic rings. The Hall–Kier alpha value is -3.22. The van der Waals surface area contributed by atoms with Gasteiger partial charge in [0.25, 0.3) is 5.91 Å². The number of hydrogen-bond acceptors (Lipinski definition) is 6. The maximum absolute atomic E-state index is 12.8. The van der Waals surface area contributed by atoms with Crippen molar-refractivity contribution < 1.29 is 28.9 Å². The molecule has 0 fully saturated rings. The third-order valence-electron chi connectivity index (χ3n) is 4.24. The highest BCUT2D eigenvalue weighted by Gasteiger charge is 2.18. The number of rotatable bonds is 12. The van der Waals surface area contributed by atoms with Crippen LogP contribution in [0.2, 0.25) is 0 Å². The quantitative estimate of drug-likeness (QED) is 0.574. The molecule has 0 heterocycles. The van der Waals surface area contributed by atoms with Crippen LogP contribution in [0, 0.1) is 0 Å². The summed E-state index contributed by atoms with van der Waals surface area (Å²) in [5, 5.41) is 14.0. The monoisotopic (exact) mass is 414 g/mol. The summed E-state index contributed by atoms with van der Waals surface area (Å²) in [5.41, 5.74) is 0.987. The van der Waals surface area contributed by atoms with E-state index in [9.17, 15) is 14.7 Å². The molecule has 0 spiro atoms. The van der Waals surface area contributed by atoms with Crippen molar-refractivity contribution in [3.05, 3.63) is 53.6 Å². The standard InChI is InChI=1S/C23H29NO6/c1-4-13-30-18-10-7-16(8-11-18)19(15-22(25)26)24-23(27)17-9-12-20(28-5-2)21(14-17)29-6-3/h7-12,14,19H,4-6,13,15H2,1-3H3,(H,24,27)(H,25,26)/p-1/t19-/m0/s1. The fourth-order valence-corrected chi connectivity index (χ4v) is 2.87. The number of carboxylic acids is 1. The van der Waals surface area contributed by atoms with Gasteiger partial charge in [-0.25, -0.2) is 0 Å². The van der Waals surface area contributed by atoms with E-state index in [1.165, 1.54) is 0 Å². The van der Waals surface area contributed by atoms with Gasteiger partial charge in [0.05, 0.1) is 25.9 Å². The predicted molar refractivity (Wildman–Crippen MR) is 111 cm³/mol. The van der Waals surface area contributed by atoms with Crippen molar-refractivity contribution in [2.45, 2.75) is 39.7 Å². The Morgan fingerprint density at radius 1 is 0.933 bits per heavy atom. The molecule has 1 amide bonds. The number of carbonyl (C=O) groups excluding carboxylic acids is 2. The summed E-state index contributed by atoms with van der Waals surface area (Å²) < 4.78 is 16.6. The molecule has 0 bridgehead atoms. The number of carboxylic acid groups (broad SMARTS) is 1. The van der Waals surface area contributed by atoms with Crippen LogP contribution >= 0.6 is 0 Å². The van der Waals surface area contributed by atoms with Crippen LogP contribution in [0.25, 0.3) is 0 Å². The number of carbonyl (C=O) groups is 2. The molecule has 7 heteroatoms. The topological polar surface area (TPSA) is 96.9 Å². The molecule has 2 aromatic carbocycles. The van der Waals surface area contributed by atoms with Crippen molar-refractivity contribution in [1.82, 2.24) is 5.32 Å². The molecule has 0 saturated carbocycles. The van der Waals surface area contributed by atoms with Crippen LogP contribution < -0.4 is 24.6 Å². The van der Waals surface area contributed by atoms with Crippen LogP contribution in [0.3, 0.4) is 0 Å². The van der Waals surface area contributed by atoms with Crippen LogP contribution in [-0.4, -0.2) is 31.7 Å². The second-order valence-corrected chi connectivity index (χ2v) is 6.55. The summed E-state index contributed by atoms with van der Waals surface area (Å²) >= 11 is 0. The van der Waals surface area contributed by atoms with Crippen LogP contribution in [0.4, 0.5) is 0 Å². The molecule has 1 atom stereocenters. The van der Waals surface area contributed by atoms with E-state index in [2.05, 4.69) is 5.32 Å². The molecular weight excluding hydrogens is 386 g/mol. The van der Waals surface area contributed by atoms with Gasteiger partial charge in [-0.15, -0.1) is 0 Å². The van der Waals surface area contributed by atoms with Crippen LogP contribution in [0.15, 0.2) is 42.5 Å². The summed E-state index contributed by atoms with van der Waals surface area (Å²) in [6.45, 7) is 7.20. The molecule has 7 nitrogen and oxygen atoms in total. The third kappa shape index (κ3) is 6.69. The number of hydrogen-bond donors (Lipinski definition) is 1. The second kappa shape index (κ2) is 11.7. The van der Waals surface area contributed by atoms with E-state index < -0.39 is 17.9 Å². The average Bonchev–Trinajstić information content (AvgIpc) is 2.73. The fraction of sp³-hybridized carbons (Fsp3) is 0.391. The number of ether oxygens (including phenoxy) is 3. The van der Waals surface area contributed by atoms with E-state index in [0.717, 1.165) is 6.42 Å². The fourth-order valence-electron chi connectivity index (χ4n) is 2.87. The minimum atomic E-state index is -1.26. The molecule has 30 heavy (non-hydrogen) atoms. The molecule has 0 aromatic heterocycles. The minimum absolute atomic E-state index is 0.341. The molecule has 2 rings (SSSR count). The molecule has 0 aliphatic heterocycles. The van der Waals surface area contributed by atoms with E-state index in [-0.39, 0.29) is 6.42 Å². The summed E-state index contributed by atoms with van der Waals surface area (Å²) in [5.74, 6) is 0.0163. The maximum Gasteiger partial charge on any atom is 0.251 e. The zero-order chi connectivity index (χ0) is 21.9. The predicted octanol–water partition coefficient (Wildman–Crippen LogP) is 2.88. The highest BCUT2D eigenvalue weighted by molar-refractivity contribution is 5.95. The van der Waals surface area contributed by atoms with Gasteiger partial charge in [-0.1, -0.05) is 19.1 Å². The van der Waals surface area contributed by atoms with E-state index in [1.54, 1.807) is 42.5 Å². The maximum atomic E-state index is 12.8. The van der Waals surface area contributed by atoms with Crippen molar-refractivity contribution in [1.29, 1.82) is 0 Å². The SMILES string of the molecule is CCCOc1ccc([C@H](CC(=O)[O-])NC(=O)c2ccc(OCC)c(OCC)c2)cc1. The van der Waals surface area contributed by atoms with Crippen molar-refractivity contribution in [3.63, 3.8) is 0 Å². The van der Waals surface area contributed by atoms with Gasteiger partial charge in [0.15, 0.2) is 11.5 Å². The molecule has 162 valence electrons. The number of aliphatic carboxylic acids is 1. The van der Waals surface area contributed by atoms with Crippen LogP contribution in [0.5, 0.6) is 17.2 Å².